The van der Waals surface area contributed by atoms with E-state index in [0.29, 0.717) is 5.69 Å². The molecule has 2 amide bonds. The largest absolute Gasteiger partial charge is 0.326 e. The molecule has 0 aromatic heterocycles. The molecule has 18 heavy (non-hydrogen) atoms. The fourth-order valence-electron chi connectivity index (χ4n) is 1.37. The van der Waals surface area contributed by atoms with E-state index in [-0.39, 0.29) is 24.3 Å². The smallest absolute Gasteiger partial charge is 0.238 e. The average molecular weight is 249 g/mol. The summed E-state index contributed by atoms with van der Waals surface area (Å²) in [5.74, 6) is -0.341. The first-order valence-corrected chi connectivity index (χ1v) is 5.85. The van der Waals surface area contributed by atoms with Gasteiger partial charge in [0.2, 0.25) is 11.8 Å². The van der Waals surface area contributed by atoms with Gasteiger partial charge in [-0.15, -0.1) is 0 Å². The Labute approximate surface area is 107 Å². The normalized spacial score (nSPS) is 10.3. The fraction of sp³-hybridized carbons (Fsp3) is 0.385. The van der Waals surface area contributed by atoms with E-state index >= 15 is 0 Å². The Morgan fingerprint density at radius 3 is 2.44 bits per heavy atom. The maximum absolute atomic E-state index is 11.6. The van der Waals surface area contributed by atoms with E-state index in [4.69, 9.17) is 5.73 Å². The zero-order valence-electron chi connectivity index (χ0n) is 10.9. The maximum Gasteiger partial charge on any atom is 0.238 e. The van der Waals surface area contributed by atoms with Crippen LogP contribution in [0.25, 0.3) is 0 Å². The van der Waals surface area contributed by atoms with E-state index in [2.05, 4.69) is 10.6 Å². The van der Waals surface area contributed by atoms with E-state index in [0.717, 1.165) is 11.3 Å². The number of nitrogens with two attached hydrogens (primary N) is 1. The quantitative estimate of drug-likeness (QED) is 0.755. The molecule has 0 saturated heterocycles. The van der Waals surface area contributed by atoms with Crippen LogP contribution in [0.5, 0.6) is 0 Å². The molecule has 0 radical (unpaired) electrons. The first-order chi connectivity index (χ1) is 8.43. The number of anilines is 2. The summed E-state index contributed by atoms with van der Waals surface area (Å²) in [6, 6.07) is 5.29. The van der Waals surface area contributed by atoms with Gasteiger partial charge in [-0.3, -0.25) is 9.59 Å². The van der Waals surface area contributed by atoms with E-state index in [1.54, 1.807) is 18.2 Å². The number of amides is 2. The molecule has 5 nitrogen and oxygen atoms in total. The Kier molecular flexibility index (Phi) is 4.85. The molecule has 0 atom stereocenters. The SMILES string of the molecule is Cc1cc(NC(=O)CN)ccc1NC(=O)C(C)C. The van der Waals surface area contributed by atoms with Crippen molar-refractivity contribution in [2.45, 2.75) is 20.8 Å². The molecule has 1 rings (SSSR count). The Bertz CT molecular complexity index is 456. The molecule has 98 valence electrons. The Morgan fingerprint density at radius 1 is 1.28 bits per heavy atom. The van der Waals surface area contributed by atoms with Crippen molar-refractivity contribution in [3.63, 3.8) is 0 Å². The summed E-state index contributed by atoms with van der Waals surface area (Å²) >= 11 is 0. The highest BCUT2D eigenvalue weighted by molar-refractivity contribution is 5.95. The molecule has 1 aromatic rings. The zero-order valence-corrected chi connectivity index (χ0v) is 10.9. The molecular weight excluding hydrogens is 230 g/mol. The third-order valence-electron chi connectivity index (χ3n) is 2.48. The highest BCUT2D eigenvalue weighted by Crippen LogP contribution is 2.20. The van der Waals surface area contributed by atoms with Crippen LogP contribution in [-0.2, 0) is 9.59 Å². The van der Waals surface area contributed by atoms with Gasteiger partial charge in [0.05, 0.1) is 6.54 Å². The average Bonchev–Trinajstić information content (AvgIpc) is 2.32. The van der Waals surface area contributed by atoms with E-state index in [1.165, 1.54) is 0 Å². The lowest BCUT2D eigenvalue weighted by atomic mass is 10.1. The third-order valence-corrected chi connectivity index (χ3v) is 2.48. The van der Waals surface area contributed by atoms with Gasteiger partial charge < -0.3 is 16.4 Å². The summed E-state index contributed by atoms with van der Waals surface area (Å²) in [7, 11) is 0. The first-order valence-electron chi connectivity index (χ1n) is 5.85. The van der Waals surface area contributed by atoms with Crippen LogP contribution in [0.3, 0.4) is 0 Å². The molecule has 0 heterocycles. The van der Waals surface area contributed by atoms with Crippen molar-refractivity contribution in [1.82, 2.24) is 0 Å². The standard InChI is InChI=1S/C13H19N3O2/c1-8(2)13(18)16-11-5-4-10(6-9(11)3)15-12(17)7-14/h4-6,8H,7,14H2,1-3H3,(H,15,17)(H,16,18). The minimum absolute atomic E-state index is 0.0307. The zero-order chi connectivity index (χ0) is 13.7. The minimum Gasteiger partial charge on any atom is -0.326 e. The predicted molar refractivity (Wildman–Crippen MR) is 72.3 cm³/mol. The van der Waals surface area contributed by atoms with Crippen molar-refractivity contribution < 1.29 is 9.59 Å². The maximum atomic E-state index is 11.6. The van der Waals surface area contributed by atoms with Crippen LogP contribution >= 0.6 is 0 Å². The van der Waals surface area contributed by atoms with Crippen molar-refractivity contribution in [2.75, 3.05) is 17.2 Å². The Morgan fingerprint density at radius 2 is 1.94 bits per heavy atom. The van der Waals surface area contributed by atoms with Gasteiger partial charge in [0.25, 0.3) is 0 Å². The van der Waals surface area contributed by atoms with Gasteiger partial charge in [0.1, 0.15) is 0 Å². The van der Waals surface area contributed by atoms with Crippen molar-refractivity contribution >= 4 is 23.2 Å². The van der Waals surface area contributed by atoms with Crippen molar-refractivity contribution in [2.24, 2.45) is 11.7 Å². The van der Waals surface area contributed by atoms with Crippen molar-refractivity contribution in [3.05, 3.63) is 23.8 Å². The molecule has 0 spiro atoms. The number of carbonyl (C=O) groups excluding carboxylic acids is 2. The van der Waals surface area contributed by atoms with Gasteiger partial charge in [-0.25, -0.2) is 0 Å². The van der Waals surface area contributed by atoms with E-state index < -0.39 is 0 Å². The van der Waals surface area contributed by atoms with Crippen LogP contribution in [0.1, 0.15) is 19.4 Å². The van der Waals surface area contributed by atoms with Crippen LogP contribution in [-0.4, -0.2) is 18.4 Å². The number of benzene rings is 1. The van der Waals surface area contributed by atoms with E-state index in [9.17, 15) is 9.59 Å². The van der Waals surface area contributed by atoms with Crippen LogP contribution < -0.4 is 16.4 Å². The van der Waals surface area contributed by atoms with Gasteiger partial charge >= 0.3 is 0 Å². The van der Waals surface area contributed by atoms with Crippen LogP contribution in [0.2, 0.25) is 0 Å². The third kappa shape index (κ3) is 3.85. The lowest BCUT2D eigenvalue weighted by Gasteiger charge is -2.12. The molecular formula is C13H19N3O2. The topological polar surface area (TPSA) is 84.2 Å². The van der Waals surface area contributed by atoms with Gasteiger partial charge in [-0.1, -0.05) is 13.8 Å². The van der Waals surface area contributed by atoms with Crippen LogP contribution in [0.15, 0.2) is 18.2 Å². The van der Waals surface area contributed by atoms with Crippen LogP contribution in [0, 0.1) is 12.8 Å². The molecule has 0 saturated carbocycles. The molecule has 1 aromatic carbocycles. The molecule has 0 aliphatic rings. The molecule has 4 N–H and O–H groups in total. The summed E-state index contributed by atoms with van der Waals surface area (Å²) in [5, 5.41) is 5.49. The summed E-state index contributed by atoms with van der Waals surface area (Å²) in [6.45, 7) is 5.49. The van der Waals surface area contributed by atoms with Gasteiger partial charge in [0, 0.05) is 17.3 Å². The second kappa shape index (κ2) is 6.16. The number of hydrogen-bond donors (Lipinski definition) is 3. The summed E-state index contributed by atoms with van der Waals surface area (Å²) < 4.78 is 0. The van der Waals surface area contributed by atoms with Crippen molar-refractivity contribution in [1.29, 1.82) is 0 Å². The fourth-order valence-corrected chi connectivity index (χ4v) is 1.37. The van der Waals surface area contributed by atoms with Gasteiger partial charge in [-0.2, -0.15) is 0 Å². The molecule has 0 aliphatic carbocycles. The molecule has 0 aliphatic heterocycles. The second-order valence-corrected chi connectivity index (χ2v) is 4.43. The number of carbonyl (C=O) groups is 2. The molecule has 0 fully saturated rings. The summed E-state index contributed by atoms with van der Waals surface area (Å²) in [5.41, 5.74) is 7.53. The summed E-state index contributed by atoms with van der Waals surface area (Å²) in [6.07, 6.45) is 0. The second-order valence-electron chi connectivity index (χ2n) is 4.43. The first kappa shape index (κ1) is 14.2. The molecule has 0 bridgehead atoms. The van der Waals surface area contributed by atoms with Crippen molar-refractivity contribution in [3.8, 4) is 0 Å². The van der Waals surface area contributed by atoms with Crippen LogP contribution in [0.4, 0.5) is 11.4 Å². The molecule has 5 heteroatoms. The number of nitrogens with one attached hydrogen (secondary N) is 2. The Balaban J connectivity index is 2.80. The highest BCUT2D eigenvalue weighted by atomic mass is 16.2. The lowest BCUT2D eigenvalue weighted by molar-refractivity contribution is -0.119. The van der Waals surface area contributed by atoms with E-state index in [1.807, 2.05) is 20.8 Å². The number of hydrogen-bond acceptors (Lipinski definition) is 3. The van der Waals surface area contributed by atoms with Gasteiger partial charge in [-0.05, 0) is 30.7 Å². The predicted octanol–water partition coefficient (Wildman–Crippen LogP) is 1.49. The minimum atomic E-state index is -0.242. The number of rotatable bonds is 4. The lowest BCUT2D eigenvalue weighted by Crippen LogP contribution is -2.22. The highest BCUT2D eigenvalue weighted by Gasteiger charge is 2.09. The summed E-state index contributed by atoms with van der Waals surface area (Å²) in [4.78, 5) is 22.7. The Hall–Kier alpha value is -1.88. The van der Waals surface area contributed by atoms with Gasteiger partial charge in [0.15, 0.2) is 0 Å². The monoisotopic (exact) mass is 249 g/mol. The molecule has 0 unspecified atom stereocenters. The number of aryl methyl sites for hydroxylation is 1.